The maximum atomic E-state index is 13.2. The fourth-order valence-corrected chi connectivity index (χ4v) is 6.21. The summed E-state index contributed by atoms with van der Waals surface area (Å²) >= 11 is 0. The van der Waals surface area contributed by atoms with Crippen molar-refractivity contribution in [2.45, 2.75) is 38.5 Å². The molecule has 2 atom stereocenters. The highest BCUT2D eigenvalue weighted by Gasteiger charge is 2.47. The van der Waals surface area contributed by atoms with Gasteiger partial charge in [-0.05, 0) is 72.9 Å². The number of aliphatic hydroxyl groups excluding tert-OH is 2. The van der Waals surface area contributed by atoms with Crippen LogP contribution in [0, 0.1) is 0 Å². The van der Waals surface area contributed by atoms with Crippen LogP contribution in [0.1, 0.15) is 47.1 Å². The van der Waals surface area contributed by atoms with Crippen molar-refractivity contribution in [2.75, 3.05) is 48.0 Å². The van der Waals surface area contributed by atoms with Gasteiger partial charge < -0.3 is 35.4 Å². The maximum Gasteiger partial charge on any atom is 0.254 e. The van der Waals surface area contributed by atoms with Gasteiger partial charge in [-0.15, -0.1) is 0 Å². The highest BCUT2D eigenvalue weighted by molar-refractivity contribution is 6.15. The number of rotatable bonds is 15. The fraction of sp³-hybridized carbons (Fsp3) is 0.265. The molecule has 0 aliphatic heterocycles. The Morgan fingerprint density at radius 1 is 0.532 bits per heavy atom. The Labute approximate surface area is 363 Å². The zero-order valence-corrected chi connectivity index (χ0v) is 36.3. The van der Waals surface area contributed by atoms with Crippen LogP contribution in [0.2, 0.25) is 0 Å². The van der Waals surface area contributed by atoms with Crippen LogP contribution in [-0.4, -0.2) is 114 Å². The molecule has 0 heterocycles. The predicted octanol–water partition coefficient (Wildman–Crippen LogP) is 5.21. The van der Waals surface area contributed by atoms with Crippen LogP contribution >= 0.6 is 0 Å². The van der Waals surface area contributed by atoms with E-state index in [1.54, 1.807) is 31.2 Å². The third kappa shape index (κ3) is 12.2. The Morgan fingerprint density at radius 3 is 1.19 bits per heavy atom. The minimum atomic E-state index is -1.79. The van der Waals surface area contributed by atoms with E-state index in [1.165, 1.54) is 46.9 Å². The van der Waals surface area contributed by atoms with Gasteiger partial charge in [-0.1, -0.05) is 115 Å². The van der Waals surface area contributed by atoms with Gasteiger partial charge in [-0.25, -0.2) is 0 Å². The molecular formula is C49H56N4O9. The average molecular weight is 845 g/mol. The van der Waals surface area contributed by atoms with Gasteiger partial charge in [0.25, 0.3) is 23.6 Å². The third-order valence-electron chi connectivity index (χ3n) is 10.3. The fourth-order valence-electron chi connectivity index (χ4n) is 6.21. The van der Waals surface area contributed by atoms with Gasteiger partial charge in [-0.2, -0.15) is 0 Å². The van der Waals surface area contributed by atoms with Crippen molar-refractivity contribution in [3.05, 3.63) is 156 Å². The van der Waals surface area contributed by atoms with Gasteiger partial charge in [0.15, 0.2) is 22.6 Å². The first-order valence-electron chi connectivity index (χ1n) is 19.9. The standard InChI is InChI=1S/C27H28N2O4.C20H22N2O4.C2H6O/c1-27(26(32)28-2,24(30)19-33-18-20-10-6-4-7-11-20)29(3)25(31)23-16-14-22(15-17-23)21-12-8-5-9-13-21;1-20(17(24)13-23,19(26)21-2)22(3)18(25)16-11-9-15(10-12-16)14-7-5-4-6-8-14;1-2-3/h4-17H,18-19H2,1-3H3,(H,28,32);4-12,23H,13H2,1-3H3,(H,21,26);3H,2H2,1H3/t27-;20-;/m11./s1. The van der Waals surface area contributed by atoms with Gasteiger partial charge in [0.1, 0.15) is 13.2 Å². The number of likely N-dealkylation sites (N-methyl/N-ethyl adjacent to an activating group) is 4. The Hall–Kier alpha value is -6.80. The van der Waals surface area contributed by atoms with E-state index in [1.807, 2.05) is 115 Å². The van der Waals surface area contributed by atoms with Gasteiger partial charge in [-0.3, -0.25) is 28.8 Å². The molecule has 13 nitrogen and oxygen atoms in total. The molecule has 0 saturated heterocycles. The molecule has 0 aliphatic rings. The van der Waals surface area contributed by atoms with Gasteiger partial charge in [0, 0.05) is 45.9 Å². The first kappa shape index (κ1) is 49.6. The summed E-state index contributed by atoms with van der Waals surface area (Å²) in [6.45, 7) is 3.78. The molecule has 5 aromatic rings. The van der Waals surface area contributed by atoms with Crippen molar-refractivity contribution < 1.29 is 43.7 Å². The van der Waals surface area contributed by atoms with Gasteiger partial charge in [0.2, 0.25) is 0 Å². The Morgan fingerprint density at radius 2 is 0.855 bits per heavy atom. The topological polar surface area (TPSA) is 183 Å². The largest absolute Gasteiger partial charge is 0.397 e. The number of amides is 4. The Kier molecular flexibility index (Phi) is 19.1. The molecule has 62 heavy (non-hydrogen) atoms. The monoisotopic (exact) mass is 844 g/mol. The zero-order valence-electron chi connectivity index (χ0n) is 36.3. The maximum absolute atomic E-state index is 13.2. The summed E-state index contributed by atoms with van der Waals surface area (Å²) in [6.07, 6.45) is 0. The number of Topliss-reactive ketones (excluding diaryl/α,β-unsaturated/α-hetero) is 2. The lowest BCUT2D eigenvalue weighted by atomic mass is 9.92. The van der Waals surface area contributed by atoms with Crippen molar-refractivity contribution in [1.82, 2.24) is 20.4 Å². The van der Waals surface area contributed by atoms with Crippen LogP contribution in [0.3, 0.4) is 0 Å². The van der Waals surface area contributed by atoms with E-state index in [0.717, 1.165) is 32.7 Å². The zero-order chi connectivity index (χ0) is 45.9. The summed E-state index contributed by atoms with van der Waals surface area (Å²) in [4.78, 5) is 78.4. The molecule has 0 radical (unpaired) electrons. The Balaban J connectivity index is 0.000000319. The first-order valence-corrected chi connectivity index (χ1v) is 19.9. The molecule has 0 aliphatic carbocycles. The van der Waals surface area contributed by atoms with Crippen LogP contribution in [0.15, 0.2) is 140 Å². The van der Waals surface area contributed by atoms with E-state index in [-0.39, 0.29) is 19.8 Å². The van der Waals surface area contributed by atoms with Crippen LogP contribution in [0.5, 0.6) is 0 Å². The van der Waals surface area contributed by atoms with Crippen molar-refractivity contribution in [1.29, 1.82) is 0 Å². The summed E-state index contributed by atoms with van der Waals surface area (Å²) in [5.41, 5.74) is 2.09. The van der Waals surface area contributed by atoms with Crippen molar-refractivity contribution in [3.63, 3.8) is 0 Å². The van der Waals surface area contributed by atoms with Gasteiger partial charge >= 0.3 is 0 Å². The lowest BCUT2D eigenvalue weighted by molar-refractivity contribution is -0.145. The van der Waals surface area contributed by atoms with E-state index in [0.29, 0.717) is 11.1 Å². The van der Waals surface area contributed by atoms with Crippen LogP contribution in [-0.2, 0) is 30.5 Å². The second-order valence-electron chi connectivity index (χ2n) is 14.2. The number of aliphatic hydroxyl groups is 2. The van der Waals surface area contributed by atoms with Crippen LogP contribution < -0.4 is 10.6 Å². The highest BCUT2D eigenvalue weighted by Crippen LogP contribution is 2.25. The van der Waals surface area contributed by atoms with E-state index in [4.69, 9.17) is 9.84 Å². The molecule has 13 heteroatoms. The molecule has 5 rings (SSSR count). The van der Waals surface area contributed by atoms with E-state index in [2.05, 4.69) is 10.6 Å². The molecule has 4 amide bonds. The minimum Gasteiger partial charge on any atom is -0.397 e. The minimum absolute atomic E-state index is 0.231. The van der Waals surface area contributed by atoms with Crippen molar-refractivity contribution in [3.8, 4) is 22.3 Å². The Bertz CT molecular complexity index is 2220. The number of ketones is 2. The lowest BCUT2D eigenvalue weighted by Crippen LogP contribution is -2.62. The molecule has 0 saturated carbocycles. The lowest BCUT2D eigenvalue weighted by Gasteiger charge is -2.35. The number of benzene rings is 5. The van der Waals surface area contributed by atoms with Crippen molar-refractivity contribution >= 4 is 35.2 Å². The molecule has 0 fully saturated rings. The molecule has 0 spiro atoms. The summed E-state index contributed by atoms with van der Waals surface area (Å²) in [6, 6.07) is 42.9. The quantitative estimate of drug-likeness (QED) is 0.103. The first-order chi connectivity index (χ1) is 29.6. The number of nitrogens with one attached hydrogen (secondary N) is 2. The number of nitrogens with zero attached hydrogens (tertiary/aromatic N) is 2. The summed E-state index contributed by atoms with van der Waals surface area (Å²) in [7, 11) is 5.64. The molecule has 0 aromatic heterocycles. The number of hydrogen-bond donors (Lipinski definition) is 4. The predicted molar refractivity (Wildman–Crippen MR) is 239 cm³/mol. The summed E-state index contributed by atoms with van der Waals surface area (Å²) in [5, 5.41) is 21.7. The SMILES string of the molecule is CCO.CNC(=O)[C@@](C)(C(=O)CO)N(C)C(=O)c1ccc(-c2ccccc2)cc1.CNC(=O)[C@@](C)(C(=O)COCc1ccccc1)N(C)C(=O)c1ccc(-c2ccccc2)cc1. The average Bonchev–Trinajstić information content (AvgIpc) is 3.33. The second-order valence-corrected chi connectivity index (χ2v) is 14.2. The van der Waals surface area contributed by atoms with E-state index in [9.17, 15) is 33.9 Å². The van der Waals surface area contributed by atoms with E-state index >= 15 is 0 Å². The number of hydrogen-bond acceptors (Lipinski definition) is 9. The molecular weight excluding hydrogens is 789 g/mol. The molecule has 0 unspecified atom stereocenters. The van der Waals surface area contributed by atoms with Crippen LogP contribution in [0.25, 0.3) is 22.3 Å². The number of carbonyl (C=O) groups excluding carboxylic acids is 6. The number of ether oxygens (including phenoxy) is 1. The van der Waals surface area contributed by atoms with Gasteiger partial charge in [0.05, 0.1) is 6.61 Å². The van der Waals surface area contributed by atoms with Crippen molar-refractivity contribution in [2.24, 2.45) is 0 Å². The molecule has 5 aromatic carbocycles. The smallest absolute Gasteiger partial charge is 0.254 e. The second kappa shape index (κ2) is 23.8. The van der Waals surface area contributed by atoms with Crippen LogP contribution in [0.4, 0.5) is 0 Å². The third-order valence-corrected chi connectivity index (χ3v) is 10.3. The molecule has 0 bridgehead atoms. The summed E-state index contributed by atoms with van der Waals surface area (Å²) in [5.74, 6) is -3.42. The highest BCUT2D eigenvalue weighted by atomic mass is 16.5. The number of carbonyl (C=O) groups is 6. The normalized spacial score (nSPS) is 12.3. The summed E-state index contributed by atoms with van der Waals surface area (Å²) < 4.78 is 5.56. The molecule has 4 N–H and O–H groups in total. The van der Waals surface area contributed by atoms with E-state index < -0.39 is 52.9 Å². The molecule has 326 valence electrons.